The predicted molar refractivity (Wildman–Crippen MR) is 92.6 cm³/mol. The highest BCUT2D eigenvalue weighted by Gasteiger charge is 2.15. The Balaban J connectivity index is 1.98. The van der Waals surface area contributed by atoms with E-state index in [4.69, 9.17) is 9.15 Å². The number of hydrogen-bond donors (Lipinski definition) is 1. The van der Waals surface area contributed by atoms with Crippen molar-refractivity contribution in [2.75, 3.05) is 7.11 Å². The molecule has 0 aliphatic rings. The van der Waals surface area contributed by atoms with Crippen LogP contribution in [0.4, 0.5) is 4.39 Å². The van der Waals surface area contributed by atoms with Gasteiger partial charge in [0.1, 0.15) is 17.2 Å². The SMILES string of the molecule is COc1cnc2c(-c3cc4cc(C=O)c(F)cc4o3)cc(CO)cc2n1. The molecule has 0 bridgehead atoms. The summed E-state index contributed by atoms with van der Waals surface area (Å²) in [5.74, 6) is 0.134. The fourth-order valence-electron chi connectivity index (χ4n) is 2.85. The Kier molecular flexibility index (Phi) is 3.85. The Hall–Kier alpha value is -3.32. The molecule has 26 heavy (non-hydrogen) atoms. The highest BCUT2D eigenvalue weighted by molar-refractivity contribution is 5.95. The summed E-state index contributed by atoms with van der Waals surface area (Å²) in [4.78, 5) is 19.6. The van der Waals surface area contributed by atoms with E-state index in [0.717, 1.165) is 0 Å². The number of hydrogen-bond acceptors (Lipinski definition) is 6. The van der Waals surface area contributed by atoms with Gasteiger partial charge in [-0.25, -0.2) is 14.4 Å². The molecule has 0 radical (unpaired) electrons. The summed E-state index contributed by atoms with van der Waals surface area (Å²) < 4.78 is 24.7. The lowest BCUT2D eigenvalue weighted by Gasteiger charge is -2.07. The number of halogens is 1. The molecule has 0 atom stereocenters. The molecule has 0 saturated heterocycles. The van der Waals surface area contributed by atoms with Crippen molar-refractivity contribution in [1.82, 2.24) is 9.97 Å². The van der Waals surface area contributed by atoms with E-state index in [1.165, 1.54) is 25.4 Å². The lowest BCUT2D eigenvalue weighted by atomic mass is 10.1. The molecule has 7 heteroatoms. The molecule has 0 saturated carbocycles. The van der Waals surface area contributed by atoms with Crippen LogP contribution < -0.4 is 4.74 Å². The van der Waals surface area contributed by atoms with E-state index >= 15 is 0 Å². The monoisotopic (exact) mass is 352 g/mol. The Bertz CT molecular complexity index is 1150. The number of aliphatic hydroxyl groups is 1. The molecule has 2 aromatic heterocycles. The van der Waals surface area contributed by atoms with Crippen LogP contribution in [0.25, 0.3) is 33.3 Å². The van der Waals surface area contributed by atoms with Gasteiger partial charge in [-0.2, -0.15) is 0 Å². The topological polar surface area (TPSA) is 85.5 Å². The van der Waals surface area contributed by atoms with E-state index < -0.39 is 5.82 Å². The molecular formula is C19H13FN2O4. The number of carbonyl (C=O) groups is 1. The van der Waals surface area contributed by atoms with Gasteiger partial charge in [-0.05, 0) is 29.8 Å². The van der Waals surface area contributed by atoms with Crippen LogP contribution in [0.15, 0.2) is 40.9 Å². The zero-order valence-electron chi connectivity index (χ0n) is 13.7. The van der Waals surface area contributed by atoms with E-state index in [1.807, 2.05) is 0 Å². The fraction of sp³-hybridized carbons (Fsp3) is 0.105. The second kappa shape index (κ2) is 6.20. The standard InChI is InChI=1S/C19H13FN2O4/c1-25-18-7-21-19-13(2-10(8-23)3-15(19)22-18)17-5-11-4-12(9-24)14(20)6-16(11)26-17/h2-7,9,23H,8H2,1H3. The third kappa shape index (κ3) is 2.58. The molecule has 130 valence electrons. The van der Waals surface area contributed by atoms with E-state index in [9.17, 15) is 14.3 Å². The van der Waals surface area contributed by atoms with Gasteiger partial charge in [0.25, 0.3) is 0 Å². The summed E-state index contributed by atoms with van der Waals surface area (Å²) in [5.41, 5.74) is 2.58. The average Bonchev–Trinajstić information content (AvgIpc) is 3.08. The number of aromatic nitrogens is 2. The lowest BCUT2D eigenvalue weighted by molar-refractivity contribution is 0.112. The van der Waals surface area contributed by atoms with Gasteiger partial charge in [-0.3, -0.25) is 4.79 Å². The molecule has 2 aromatic carbocycles. The van der Waals surface area contributed by atoms with Crippen molar-refractivity contribution in [1.29, 1.82) is 0 Å². The number of methoxy groups -OCH3 is 1. The second-order valence-corrected chi connectivity index (χ2v) is 5.72. The number of aldehydes is 1. The molecule has 6 nitrogen and oxygen atoms in total. The van der Waals surface area contributed by atoms with Crippen LogP contribution in [0.1, 0.15) is 15.9 Å². The molecule has 0 unspecified atom stereocenters. The minimum atomic E-state index is -0.646. The van der Waals surface area contributed by atoms with Crippen LogP contribution in [0.2, 0.25) is 0 Å². The number of benzene rings is 2. The summed E-state index contributed by atoms with van der Waals surface area (Å²) in [6.07, 6.45) is 1.94. The molecule has 0 aliphatic heterocycles. The highest BCUT2D eigenvalue weighted by atomic mass is 19.1. The maximum atomic E-state index is 13.8. The third-order valence-corrected chi connectivity index (χ3v) is 4.10. The van der Waals surface area contributed by atoms with Crippen LogP contribution in [0.3, 0.4) is 0 Å². The molecule has 2 heterocycles. The summed E-state index contributed by atoms with van der Waals surface area (Å²) >= 11 is 0. The van der Waals surface area contributed by atoms with E-state index in [1.54, 1.807) is 18.2 Å². The minimum Gasteiger partial charge on any atom is -0.480 e. The number of nitrogens with zero attached hydrogens (tertiary/aromatic N) is 2. The van der Waals surface area contributed by atoms with Crippen molar-refractivity contribution in [3.05, 3.63) is 53.5 Å². The number of furan rings is 1. The van der Waals surface area contributed by atoms with Crippen molar-refractivity contribution in [2.24, 2.45) is 0 Å². The number of aliphatic hydroxyl groups excluding tert-OH is 1. The first kappa shape index (κ1) is 16.2. The number of fused-ring (bicyclic) bond motifs is 2. The Morgan fingerprint density at radius 3 is 2.85 bits per heavy atom. The Labute approximate surface area is 146 Å². The average molecular weight is 352 g/mol. The van der Waals surface area contributed by atoms with Gasteiger partial charge in [0.15, 0.2) is 6.29 Å². The van der Waals surface area contributed by atoms with E-state index in [0.29, 0.717) is 51.1 Å². The van der Waals surface area contributed by atoms with E-state index in [-0.39, 0.29) is 12.2 Å². The van der Waals surface area contributed by atoms with Crippen LogP contribution in [0, 0.1) is 5.82 Å². The van der Waals surface area contributed by atoms with Crippen molar-refractivity contribution >= 4 is 28.3 Å². The van der Waals surface area contributed by atoms with E-state index in [2.05, 4.69) is 9.97 Å². The van der Waals surface area contributed by atoms with Gasteiger partial charge in [-0.15, -0.1) is 0 Å². The van der Waals surface area contributed by atoms with Crippen molar-refractivity contribution in [3.8, 4) is 17.2 Å². The number of ether oxygens (including phenoxy) is 1. The predicted octanol–water partition coefficient (Wildman–Crippen LogP) is 3.50. The lowest BCUT2D eigenvalue weighted by Crippen LogP contribution is -1.94. The van der Waals surface area contributed by atoms with Crippen molar-refractivity contribution in [3.63, 3.8) is 0 Å². The first-order chi connectivity index (χ1) is 12.6. The largest absolute Gasteiger partial charge is 0.480 e. The Morgan fingerprint density at radius 2 is 2.12 bits per heavy atom. The molecular weight excluding hydrogens is 339 g/mol. The van der Waals surface area contributed by atoms with Gasteiger partial charge in [0.2, 0.25) is 5.88 Å². The fourth-order valence-corrected chi connectivity index (χ4v) is 2.85. The maximum Gasteiger partial charge on any atom is 0.232 e. The van der Waals surface area contributed by atoms with Gasteiger partial charge >= 0.3 is 0 Å². The molecule has 0 spiro atoms. The van der Waals surface area contributed by atoms with Gasteiger partial charge in [-0.1, -0.05) is 0 Å². The summed E-state index contributed by atoms with van der Waals surface area (Å²) in [6, 6.07) is 7.75. The van der Waals surface area contributed by atoms with Crippen molar-refractivity contribution in [2.45, 2.75) is 6.61 Å². The molecule has 4 rings (SSSR count). The zero-order valence-corrected chi connectivity index (χ0v) is 13.7. The van der Waals surface area contributed by atoms with Gasteiger partial charge in [0.05, 0.1) is 36.5 Å². The minimum absolute atomic E-state index is 0.0386. The van der Waals surface area contributed by atoms with Crippen LogP contribution >= 0.6 is 0 Å². The molecule has 1 N–H and O–H groups in total. The molecule has 4 aromatic rings. The maximum absolute atomic E-state index is 13.8. The number of carbonyl (C=O) groups excluding carboxylic acids is 1. The second-order valence-electron chi connectivity index (χ2n) is 5.72. The number of rotatable bonds is 4. The molecule has 0 aliphatic carbocycles. The van der Waals surface area contributed by atoms with Crippen molar-refractivity contribution < 1.29 is 23.4 Å². The summed E-state index contributed by atoms with van der Waals surface area (Å²) in [6.45, 7) is -0.189. The zero-order chi connectivity index (χ0) is 18.3. The van der Waals surface area contributed by atoms with Crippen LogP contribution in [-0.4, -0.2) is 28.5 Å². The quantitative estimate of drug-likeness (QED) is 0.566. The summed E-state index contributed by atoms with van der Waals surface area (Å²) in [7, 11) is 1.49. The molecule has 0 amide bonds. The Morgan fingerprint density at radius 1 is 1.27 bits per heavy atom. The third-order valence-electron chi connectivity index (χ3n) is 4.10. The first-order valence-electron chi connectivity index (χ1n) is 7.76. The van der Waals surface area contributed by atoms with Gasteiger partial charge < -0.3 is 14.3 Å². The summed E-state index contributed by atoms with van der Waals surface area (Å²) in [5, 5.41) is 10.1. The smallest absolute Gasteiger partial charge is 0.232 e. The first-order valence-corrected chi connectivity index (χ1v) is 7.76. The van der Waals surface area contributed by atoms with Gasteiger partial charge in [0, 0.05) is 17.0 Å². The normalized spacial score (nSPS) is 11.2. The molecule has 0 fully saturated rings. The van der Waals surface area contributed by atoms with Crippen LogP contribution in [-0.2, 0) is 6.61 Å². The van der Waals surface area contributed by atoms with Crippen LogP contribution in [0.5, 0.6) is 5.88 Å². The highest BCUT2D eigenvalue weighted by Crippen LogP contribution is 2.34.